The third kappa shape index (κ3) is 2.08. The van der Waals surface area contributed by atoms with Gasteiger partial charge in [-0.15, -0.1) is 0 Å². The summed E-state index contributed by atoms with van der Waals surface area (Å²) in [6, 6.07) is 13.6. The van der Waals surface area contributed by atoms with Crippen LogP contribution in [0.5, 0.6) is 0 Å². The molecule has 0 spiro atoms. The number of fused-ring (bicyclic) bond motifs is 3. The van der Waals surface area contributed by atoms with Crippen molar-refractivity contribution in [3.05, 3.63) is 75.5 Å². The number of aryl methyl sites for hydroxylation is 2. The molecule has 108 valence electrons. The molecule has 4 rings (SSSR count). The molecule has 2 aromatic carbocycles. The highest BCUT2D eigenvalue weighted by atomic mass is 16.3. The van der Waals surface area contributed by atoms with E-state index in [0.717, 1.165) is 24.0 Å². The maximum absolute atomic E-state index is 12.6. The van der Waals surface area contributed by atoms with E-state index in [0.29, 0.717) is 16.7 Å². The van der Waals surface area contributed by atoms with Crippen molar-refractivity contribution in [1.82, 2.24) is 0 Å². The minimum Gasteiger partial charge on any atom is -0.456 e. The molecule has 0 aliphatic heterocycles. The maximum Gasteiger partial charge on any atom is 0.193 e. The predicted molar refractivity (Wildman–Crippen MR) is 90.0 cm³/mol. The topological polar surface area (TPSA) is 30.2 Å². The Morgan fingerprint density at radius 3 is 2.68 bits per heavy atom. The lowest BCUT2D eigenvalue weighted by Crippen LogP contribution is -2.06. The summed E-state index contributed by atoms with van der Waals surface area (Å²) < 4.78 is 6.00. The van der Waals surface area contributed by atoms with Crippen LogP contribution in [0.1, 0.15) is 23.1 Å². The van der Waals surface area contributed by atoms with Crippen LogP contribution in [0.25, 0.3) is 28.4 Å². The third-order valence-electron chi connectivity index (χ3n) is 4.23. The van der Waals surface area contributed by atoms with Crippen LogP contribution in [-0.4, -0.2) is 0 Å². The highest BCUT2D eigenvalue weighted by Gasteiger charge is 2.14. The van der Waals surface area contributed by atoms with E-state index in [4.69, 9.17) is 4.42 Å². The maximum atomic E-state index is 12.6. The van der Waals surface area contributed by atoms with Crippen molar-refractivity contribution in [2.24, 2.45) is 0 Å². The third-order valence-corrected chi connectivity index (χ3v) is 4.23. The molecule has 0 saturated carbocycles. The van der Waals surface area contributed by atoms with Gasteiger partial charge < -0.3 is 4.42 Å². The molecule has 1 aromatic heterocycles. The fourth-order valence-corrected chi connectivity index (χ4v) is 3.03. The Morgan fingerprint density at radius 2 is 1.86 bits per heavy atom. The van der Waals surface area contributed by atoms with Crippen molar-refractivity contribution >= 4 is 17.0 Å². The second-order valence-corrected chi connectivity index (χ2v) is 5.79. The van der Waals surface area contributed by atoms with Crippen LogP contribution in [0, 0.1) is 6.92 Å². The van der Waals surface area contributed by atoms with Crippen LogP contribution in [0.3, 0.4) is 0 Å². The van der Waals surface area contributed by atoms with Crippen LogP contribution in [0.2, 0.25) is 0 Å². The molecule has 0 bridgehead atoms. The summed E-state index contributed by atoms with van der Waals surface area (Å²) in [5.74, 6) is 0.622. The summed E-state index contributed by atoms with van der Waals surface area (Å²) in [5.41, 5.74) is 5.05. The van der Waals surface area contributed by atoms with Gasteiger partial charge in [0.15, 0.2) is 5.43 Å². The SMILES string of the molecule is Cc1ccc(-c2cc(=O)c3c4c(ccc3o2)CCC=C4)cc1. The summed E-state index contributed by atoms with van der Waals surface area (Å²) in [4.78, 5) is 12.6. The van der Waals surface area contributed by atoms with E-state index in [1.54, 1.807) is 6.07 Å². The average molecular weight is 288 g/mol. The van der Waals surface area contributed by atoms with E-state index in [-0.39, 0.29) is 5.43 Å². The van der Waals surface area contributed by atoms with Gasteiger partial charge in [0.05, 0.1) is 5.39 Å². The van der Waals surface area contributed by atoms with Gasteiger partial charge in [0, 0.05) is 11.6 Å². The van der Waals surface area contributed by atoms with E-state index in [9.17, 15) is 4.79 Å². The fourth-order valence-electron chi connectivity index (χ4n) is 3.03. The predicted octanol–water partition coefficient (Wildman–Crippen LogP) is 4.73. The highest BCUT2D eigenvalue weighted by Crippen LogP contribution is 2.29. The Hall–Kier alpha value is -2.61. The average Bonchev–Trinajstić information content (AvgIpc) is 2.55. The van der Waals surface area contributed by atoms with Gasteiger partial charge in [-0.3, -0.25) is 4.79 Å². The second-order valence-electron chi connectivity index (χ2n) is 5.79. The Morgan fingerprint density at radius 1 is 1.05 bits per heavy atom. The van der Waals surface area contributed by atoms with Gasteiger partial charge in [0.2, 0.25) is 0 Å². The Kier molecular flexibility index (Phi) is 2.97. The van der Waals surface area contributed by atoms with Gasteiger partial charge in [-0.2, -0.15) is 0 Å². The first-order valence-corrected chi connectivity index (χ1v) is 7.56. The quantitative estimate of drug-likeness (QED) is 0.648. The summed E-state index contributed by atoms with van der Waals surface area (Å²) in [7, 11) is 0. The van der Waals surface area contributed by atoms with Crippen molar-refractivity contribution in [1.29, 1.82) is 0 Å². The van der Waals surface area contributed by atoms with Crippen molar-refractivity contribution in [2.75, 3.05) is 0 Å². The molecule has 22 heavy (non-hydrogen) atoms. The Balaban J connectivity index is 1.97. The lowest BCUT2D eigenvalue weighted by Gasteiger charge is -2.12. The smallest absolute Gasteiger partial charge is 0.193 e. The summed E-state index contributed by atoms with van der Waals surface area (Å²) in [6.45, 7) is 2.04. The van der Waals surface area contributed by atoms with Crippen LogP contribution in [0.4, 0.5) is 0 Å². The van der Waals surface area contributed by atoms with Crippen LogP contribution >= 0.6 is 0 Å². The minimum atomic E-state index is 0.0280. The van der Waals surface area contributed by atoms with Gasteiger partial charge in [0.25, 0.3) is 0 Å². The Labute approximate surface area is 128 Å². The van der Waals surface area contributed by atoms with Crippen molar-refractivity contribution in [3.63, 3.8) is 0 Å². The van der Waals surface area contributed by atoms with Gasteiger partial charge in [-0.05, 0) is 37.0 Å². The van der Waals surface area contributed by atoms with Crippen LogP contribution < -0.4 is 5.43 Å². The van der Waals surface area contributed by atoms with Gasteiger partial charge in [-0.25, -0.2) is 0 Å². The molecule has 0 radical (unpaired) electrons. The van der Waals surface area contributed by atoms with Crippen molar-refractivity contribution < 1.29 is 4.42 Å². The molecule has 0 amide bonds. The normalized spacial score (nSPS) is 13.3. The zero-order chi connectivity index (χ0) is 15.1. The molecular weight excluding hydrogens is 272 g/mol. The lowest BCUT2D eigenvalue weighted by atomic mass is 9.94. The monoisotopic (exact) mass is 288 g/mol. The highest BCUT2D eigenvalue weighted by molar-refractivity contribution is 5.89. The molecule has 2 heteroatoms. The number of benzene rings is 2. The van der Waals surface area contributed by atoms with Gasteiger partial charge >= 0.3 is 0 Å². The first-order valence-electron chi connectivity index (χ1n) is 7.56. The molecular formula is C20H16O2. The van der Waals surface area contributed by atoms with Crippen molar-refractivity contribution in [3.8, 4) is 11.3 Å². The molecule has 0 unspecified atom stereocenters. The number of hydrogen-bond acceptors (Lipinski definition) is 2. The van der Waals surface area contributed by atoms with E-state index >= 15 is 0 Å². The van der Waals surface area contributed by atoms with Crippen molar-refractivity contribution in [2.45, 2.75) is 19.8 Å². The minimum absolute atomic E-state index is 0.0280. The number of rotatable bonds is 1. The molecule has 2 nitrogen and oxygen atoms in total. The zero-order valence-corrected chi connectivity index (χ0v) is 12.4. The molecule has 0 fully saturated rings. The van der Waals surface area contributed by atoms with E-state index in [2.05, 4.69) is 12.1 Å². The summed E-state index contributed by atoms with van der Waals surface area (Å²) in [5, 5.41) is 0.698. The second kappa shape index (κ2) is 4.99. The fraction of sp³-hybridized carbons (Fsp3) is 0.150. The molecule has 0 saturated heterocycles. The summed E-state index contributed by atoms with van der Waals surface area (Å²) >= 11 is 0. The molecule has 3 aromatic rings. The van der Waals surface area contributed by atoms with E-state index < -0.39 is 0 Å². The molecule has 1 heterocycles. The van der Waals surface area contributed by atoms with Gasteiger partial charge in [0.1, 0.15) is 11.3 Å². The number of hydrogen-bond donors (Lipinski definition) is 0. The van der Waals surface area contributed by atoms with E-state index in [1.165, 1.54) is 11.1 Å². The van der Waals surface area contributed by atoms with Gasteiger partial charge in [-0.1, -0.05) is 48.0 Å². The zero-order valence-electron chi connectivity index (χ0n) is 12.4. The molecule has 0 N–H and O–H groups in total. The van der Waals surface area contributed by atoms with Crippen LogP contribution in [0.15, 0.2) is 57.8 Å². The molecule has 1 aliphatic rings. The van der Waals surface area contributed by atoms with Crippen LogP contribution in [-0.2, 0) is 6.42 Å². The Bertz CT molecular complexity index is 944. The number of allylic oxidation sites excluding steroid dienone is 1. The largest absolute Gasteiger partial charge is 0.456 e. The lowest BCUT2D eigenvalue weighted by molar-refractivity contribution is 0.618. The van der Waals surface area contributed by atoms with E-state index in [1.807, 2.05) is 43.3 Å². The molecule has 1 aliphatic carbocycles. The molecule has 0 atom stereocenters. The standard InChI is InChI=1S/C20H16O2/c1-13-6-8-15(9-7-13)19-12-17(21)20-16-5-3-2-4-14(16)10-11-18(20)22-19/h3,5-12H,2,4H2,1H3. The summed E-state index contributed by atoms with van der Waals surface area (Å²) in [6.07, 6.45) is 6.19. The first-order chi connectivity index (χ1) is 10.7. The first kappa shape index (κ1) is 13.1.